The number of ether oxygens (including phenoxy) is 2. The lowest BCUT2D eigenvalue weighted by Gasteiger charge is -2.28. The number of hydrogen-bond acceptors (Lipinski definition) is 15. The van der Waals surface area contributed by atoms with Crippen molar-refractivity contribution in [3.63, 3.8) is 0 Å². The molecule has 7 rings (SSSR count). The number of hydrogen-bond donors (Lipinski definition) is 4. The van der Waals surface area contributed by atoms with E-state index in [9.17, 15) is 14.3 Å². The van der Waals surface area contributed by atoms with Crippen molar-refractivity contribution in [3.8, 4) is 0 Å². The number of nitrogens with two attached hydrogens (primary N) is 1. The van der Waals surface area contributed by atoms with E-state index in [4.69, 9.17) is 45.1 Å². The second-order valence-electron chi connectivity index (χ2n) is 9.76. The minimum atomic E-state index is -4.26. The molecule has 18 nitrogen and oxygen atoms in total. The van der Waals surface area contributed by atoms with Gasteiger partial charge in [-0.1, -0.05) is 12.2 Å². The Balaban J connectivity index is 1.15. The zero-order valence-corrected chi connectivity index (χ0v) is 25.0. The van der Waals surface area contributed by atoms with Gasteiger partial charge in [0, 0.05) is 6.42 Å². The normalized spacial score (nSPS) is 37.1. The molecule has 4 aromatic rings. The Morgan fingerprint density at radius 2 is 1.77 bits per heavy atom. The summed E-state index contributed by atoms with van der Waals surface area (Å²) in [7, 11) is 0. The number of halogens is 1. The van der Waals surface area contributed by atoms with Crippen molar-refractivity contribution >= 4 is 65.7 Å². The average molecular weight is 678 g/mol. The standard InChI is InChI=1S/C20H22FN9O9P2S2/c21-12-15-10(37-20(12)30-7-27-13-16(22)23-4-24-17(13)30)3-35-40(32,42)38-8-1-11(36-9(8)2-34-41(33,43)39-15)29-6-28-14-18(29)25-5-26-19(14)31/h4-12,15,20H,1-3H2,(H,32,42)(H,33,43)(H2,22,23,24)(H,25,26,31)/t8-,9+,10+,11+,12+,15+,20+,40?,41?/m0/s1. The van der Waals surface area contributed by atoms with Crippen LogP contribution in [0, 0.1) is 0 Å². The minimum Gasteiger partial charge on any atom is -0.382 e. The Hall–Kier alpha value is -2.42. The molecule has 0 aromatic carbocycles. The van der Waals surface area contributed by atoms with Crippen molar-refractivity contribution in [2.24, 2.45) is 0 Å². The van der Waals surface area contributed by atoms with Gasteiger partial charge >= 0.3 is 13.5 Å². The monoisotopic (exact) mass is 677 g/mol. The Labute approximate surface area is 250 Å². The molecule has 23 heteroatoms. The highest BCUT2D eigenvalue weighted by molar-refractivity contribution is 8.44. The van der Waals surface area contributed by atoms with E-state index in [1.165, 1.54) is 34.4 Å². The number of nitrogens with zero attached hydrogens (tertiary/aromatic N) is 7. The van der Waals surface area contributed by atoms with E-state index in [0.717, 1.165) is 0 Å². The molecule has 0 aliphatic carbocycles. The van der Waals surface area contributed by atoms with Gasteiger partial charge < -0.3 is 34.1 Å². The van der Waals surface area contributed by atoms with Crippen LogP contribution < -0.4 is 11.3 Å². The molecule has 3 aliphatic heterocycles. The summed E-state index contributed by atoms with van der Waals surface area (Å²) in [4.78, 5) is 45.8. The molecule has 3 aliphatic rings. The van der Waals surface area contributed by atoms with E-state index in [1.807, 2.05) is 0 Å². The van der Waals surface area contributed by atoms with Gasteiger partial charge in [-0.3, -0.25) is 23.0 Å². The molecule has 4 N–H and O–H groups in total. The van der Waals surface area contributed by atoms with Crippen LogP contribution in [0.15, 0.2) is 30.1 Å². The molecular weight excluding hydrogens is 655 g/mol. The first-order valence-corrected chi connectivity index (χ1v) is 17.9. The summed E-state index contributed by atoms with van der Waals surface area (Å²) in [6.07, 6.45) is -3.70. The maximum Gasteiger partial charge on any atom is 0.386 e. The molecule has 3 saturated heterocycles. The number of imidazole rings is 2. The van der Waals surface area contributed by atoms with Crippen molar-refractivity contribution in [2.45, 2.75) is 49.5 Å². The molecule has 9 atom stereocenters. The van der Waals surface area contributed by atoms with Crippen LogP contribution in [0.1, 0.15) is 18.9 Å². The molecule has 0 radical (unpaired) electrons. The van der Waals surface area contributed by atoms with Crippen LogP contribution >= 0.6 is 25.8 Å². The quantitative estimate of drug-likeness (QED) is 0.172. The third kappa shape index (κ3) is 5.42. The summed E-state index contributed by atoms with van der Waals surface area (Å²) in [6, 6.07) is 0. The van der Waals surface area contributed by atoms with E-state index in [2.05, 4.69) is 42.2 Å². The number of anilines is 1. The van der Waals surface area contributed by atoms with Crippen molar-refractivity contribution in [1.82, 2.24) is 39.0 Å². The largest absolute Gasteiger partial charge is 0.386 e. The Morgan fingerprint density at radius 1 is 1.02 bits per heavy atom. The third-order valence-corrected chi connectivity index (χ3v) is 10.3. The molecule has 0 spiro atoms. The zero-order chi connectivity index (χ0) is 30.1. The van der Waals surface area contributed by atoms with Crippen molar-refractivity contribution in [3.05, 3.63) is 35.7 Å². The van der Waals surface area contributed by atoms with Crippen molar-refractivity contribution in [2.75, 3.05) is 18.9 Å². The lowest BCUT2D eigenvalue weighted by molar-refractivity contribution is -0.0561. The number of rotatable bonds is 2. The summed E-state index contributed by atoms with van der Waals surface area (Å²) < 4.78 is 66.4. The van der Waals surface area contributed by atoms with Gasteiger partial charge in [0.05, 0.1) is 38.3 Å². The molecule has 7 heterocycles. The summed E-state index contributed by atoms with van der Waals surface area (Å²) in [6.45, 7) is -9.17. The number of alkyl halides is 1. The first kappa shape index (κ1) is 29.3. The van der Waals surface area contributed by atoms with Crippen LogP contribution in [0.4, 0.5) is 10.2 Å². The van der Waals surface area contributed by atoms with Gasteiger partial charge in [0.25, 0.3) is 5.56 Å². The lowest BCUT2D eigenvalue weighted by Crippen LogP contribution is -2.35. The highest BCUT2D eigenvalue weighted by atomic mass is 32.7. The van der Waals surface area contributed by atoms with E-state index >= 15 is 4.39 Å². The maximum atomic E-state index is 15.9. The SMILES string of the molecule is Nc1ncnc2c1ncn2[C@@H]1O[C@@H]2COP(O)(=S)O[C@H]3C[C@H](n4cnc5c(=O)[nH]cnc54)O[C@@H]3COP(=O)(S)O[C@H]2[C@H]1F. The summed E-state index contributed by atoms with van der Waals surface area (Å²) in [5.41, 5.74) is 6.13. The topological polar surface area (TPSA) is 226 Å². The number of fused-ring (bicyclic) bond motifs is 4. The predicted octanol–water partition coefficient (Wildman–Crippen LogP) is 1.14. The fourth-order valence-corrected chi connectivity index (χ4v) is 8.12. The molecule has 4 aromatic heterocycles. The van der Waals surface area contributed by atoms with E-state index in [-0.39, 0.29) is 34.6 Å². The van der Waals surface area contributed by atoms with Gasteiger partial charge in [-0.05, 0) is 11.8 Å². The van der Waals surface area contributed by atoms with E-state index < -0.39 is 75.3 Å². The van der Waals surface area contributed by atoms with Crippen LogP contribution in [0.2, 0.25) is 0 Å². The molecule has 3 fully saturated rings. The lowest BCUT2D eigenvalue weighted by atomic mass is 10.1. The fourth-order valence-electron chi connectivity index (χ4n) is 5.16. The maximum absolute atomic E-state index is 15.9. The van der Waals surface area contributed by atoms with Crippen molar-refractivity contribution < 1.29 is 41.4 Å². The fraction of sp³-hybridized carbons (Fsp3) is 0.500. The number of aromatic amines is 1. The summed E-state index contributed by atoms with van der Waals surface area (Å²) >= 11 is 9.30. The number of nitrogens with one attached hydrogen (secondary N) is 1. The number of thiol groups is 1. The number of aromatic nitrogens is 8. The summed E-state index contributed by atoms with van der Waals surface area (Å²) in [5, 5.41) is 0. The van der Waals surface area contributed by atoms with Crippen LogP contribution in [-0.4, -0.2) is 87.7 Å². The average Bonchev–Trinajstić information content (AvgIpc) is 3.72. The van der Waals surface area contributed by atoms with Gasteiger partial charge in [0.15, 0.2) is 35.0 Å². The summed E-state index contributed by atoms with van der Waals surface area (Å²) in [5.74, 6) is 0.0794. The number of H-pyrrole nitrogens is 1. The highest BCUT2D eigenvalue weighted by Crippen LogP contribution is 2.58. The van der Waals surface area contributed by atoms with Gasteiger partial charge in [0.1, 0.15) is 36.4 Å². The van der Waals surface area contributed by atoms with Gasteiger partial charge in [0.2, 0.25) is 0 Å². The highest BCUT2D eigenvalue weighted by Gasteiger charge is 2.52. The van der Waals surface area contributed by atoms with Crippen LogP contribution in [0.3, 0.4) is 0 Å². The predicted molar refractivity (Wildman–Crippen MR) is 150 cm³/mol. The molecule has 0 saturated carbocycles. The molecule has 43 heavy (non-hydrogen) atoms. The minimum absolute atomic E-state index is 0.0794. The molecular formula is C20H22FN9O9P2S2. The Bertz CT molecular complexity index is 1860. The Kier molecular flexibility index (Phi) is 7.41. The third-order valence-electron chi connectivity index (χ3n) is 7.11. The molecule has 2 unspecified atom stereocenters. The molecule has 0 bridgehead atoms. The van der Waals surface area contributed by atoms with Crippen molar-refractivity contribution in [1.29, 1.82) is 0 Å². The van der Waals surface area contributed by atoms with Crippen LogP contribution in [0.5, 0.6) is 0 Å². The second-order valence-corrected chi connectivity index (χ2v) is 15.4. The van der Waals surface area contributed by atoms with Gasteiger partial charge in [-0.25, -0.2) is 33.9 Å². The molecule has 0 amide bonds. The molecule has 230 valence electrons. The smallest absolute Gasteiger partial charge is 0.382 e. The van der Waals surface area contributed by atoms with Crippen LogP contribution in [-0.2, 0) is 43.9 Å². The first-order chi connectivity index (χ1) is 20.5. The van der Waals surface area contributed by atoms with E-state index in [1.54, 1.807) is 0 Å². The van der Waals surface area contributed by atoms with Gasteiger partial charge in [-0.15, -0.1) is 0 Å². The van der Waals surface area contributed by atoms with Gasteiger partial charge in [-0.2, -0.15) is 0 Å². The second kappa shape index (κ2) is 10.9. The first-order valence-electron chi connectivity index (χ1n) is 12.6. The number of nitrogen functional groups attached to an aromatic ring is 1. The van der Waals surface area contributed by atoms with Crippen LogP contribution in [0.25, 0.3) is 22.3 Å². The Morgan fingerprint density at radius 3 is 2.60 bits per heavy atom. The zero-order valence-electron chi connectivity index (χ0n) is 21.5. The van der Waals surface area contributed by atoms with E-state index in [0.29, 0.717) is 0 Å².